The first kappa shape index (κ1) is 13.8. The average Bonchev–Trinajstić information content (AvgIpc) is 2.81. The van der Waals surface area contributed by atoms with Gasteiger partial charge in [0.05, 0.1) is 0 Å². The number of nitrogens with zero attached hydrogens (tertiary/aromatic N) is 3. The lowest BCUT2D eigenvalue weighted by molar-refractivity contribution is 0.734. The lowest BCUT2D eigenvalue weighted by Gasteiger charge is -2.28. The first-order valence-corrected chi connectivity index (χ1v) is 7.32. The number of hydrazine groups is 1. The molecule has 1 atom stereocenters. The van der Waals surface area contributed by atoms with Gasteiger partial charge in [-0.15, -0.1) is 0 Å². The molecule has 2 heterocycles. The van der Waals surface area contributed by atoms with Gasteiger partial charge in [0, 0.05) is 17.3 Å². The van der Waals surface area contributed by atoms with Gasteiger partial charge < -0.3 is 10.3 Å². The Kier molecular flexibility index (Phi) is 3.51. The monoisotopic (exact) mass is 283 g/mol. The fourth-order valence-corrected chi connectivity index (χ4v) is 3.11. The van der Waals surface area contributed by atoms with Gasteiger partial charge in [-0.3, -0.25) is 0 Å². The number of nitrogen functional groups attached to an aromatic ring is 1. The van der Waals surface area contributed by atoms with Crippen molar-refractivity contribution < 1.29 is 0 Å². The Bertz CT molecular complexity index is 653. The standard InChI is InChI=1S/C16H21N5/c1-10(2)14-15(20-17)18-9-19-16(14)21-11(3)8-12-6-4-5-7-13(12)21/h4-7,9-11H,8,17H2,1-3H3,(H,18,19,20). The van der Waals surface area contributed by atoms with Crippen molar-refractivity contribution >= 4 is 17.3 Å². The van der Waals surface area contributed by atoms with Crippen molar-refractivity contribution in [3.63, 3.8) is 0 Å². The van der Waals surface area contributed by atoms with Gasteiger partial charge in [0.1, 0.15) is 18.0 Å². The Balaban J connectivity index is 2.17. The minimum atomic E-state index is 0.284. The zero-order valence-corrected chi connectivity index (χ0v) is 12.7. The molecule has 0 aliphatic carbocycles. The summed E-state index contributed by atoms with van der Waals surface area (Å²) in [4.78, 5) is 11.1. The van der Waals surface area contributed by atoms with Crippen molar-refractivity contribution in [2.75, 3.05) is 10.3 Å². The summed E-state index contributed by atoms with van der Waals surface area (Å²) in [7, 11) is 0. The highest BCUT2D eigenvalue weighted by Crippen LogP contribution is 2.41. The first-order chi connectivity index (χ1) is 10.1. The van der Waals surface area contributed by atoms with Crippen LogP contribution in [0.5, 0.6) is 0 Å². The normalized spacial score (nSPS) is 17.2. The second-order valence-electron chi connectivity index (χ2n) is 5.81. The molecular weight excluding hydrogens is 262 g/mol. The zero-order valence-electron chi connectivity index (χ0n) is 12.7. The summed E-state index contributed by atoms with van der Waals surface area (Å²) >= 11 is 0. The molecule has 0 bridgehead atoms. The molecule has 0 spiro atoms. The number of rotatable bonds is 3. The van der Waals surface area contributed by atoms with E-state index < -0.39 is 0 Å². The van der Waals surface area contributed by atoms with Crippen molar-refractivity contribution in [2.45, 2.75) is 39.2 Å². The van der Waals surface area contributed by atoms with Crippen LogP contribution in [0, 0.1) is 0 Å². The molecule has 0 saturated carbocycles. The van der Waals surface area contributed by atoms with Crippen LogP contribution >= 0.6 is 0 Å². The van der Waals surface area contributed by atoms with Crippen LogP contribution in [-0.4, -0.2) is 16.0 Å². The van der Waals surface area contributed by atoms with Crippen LogP contribution < -0.4 is 16.2 Å². The fourth-order valence-electron chi connectivity index (χ4n) is 3.11. The smallest absolute Gasteiger partial charge is 0.148 e. The minimum absolute atomic E-state index is 0.284. The van der Waals surface area contributed by atoms with E-state index in [-0.39, 0.29) is 5.92 Å². The van der Waals surface area contributed by atoms with Crippen LogP contribution in [-0.2, 0) is 6.42 Å². The molecule has 3 N–H and O–H groups in total. The van der Waals surface area contributed by atoms with E-state index in [1.807, 2.05) is 0 Å². The van der Waals surface area contributed by atoms with E-state index in [9.17, 15) is 0 Å². The number of para-hydroxylation sites is 1. The van der Waals surface area contributed by atoms with Gasteiger partial charge in [-0.05, 0) is 30.9 Å². The molecule has 21 heavy (non-hydrogen) atoms. The third kappa shape index (κ3) is 2.23. The number of nitrogens with two attached hydrogens (primary N) is 1. The maximum absolute atomic E-state index is 5.63. The van der Waals surface area contributed by atoms with E-state index in [1.165, 1.54) is 11.3 Å². The highest BCUT2D eigenvalue weighted by molar-refractivity contribution is 5.73. The van der Waals surface area contributed by atoms with Crippen LogP contribution in [0.4, 0.5) is 17.3 Å². The predicted molar refractivity (Wildman–Crippen MR) is 85.7 cm³/mol. The summed E-state index contributed by atoms with van der Waals surface area (Å²) < 4.78 is 0. The van der Waals surface area contributed by atoms with Crippen LogP contribution in [0.15, 0.2) is 30.6 Å². The Morgan fingerprint density at radius 2 is 2.05 bits per heavy atom. The minimum Gasteiger partial charge on any atom is -0.323 e. The number of hydrogen-bond donors (Lipinski definition) is 2. The molecule has 1 aliphatic heterocycles. The second kappa shape index (κ2) is 5.33. The number of aromatic nitrogens is 2. The third-order valence-electron chi connectivity index (χ3n) is 4.01. The highest BCUT2D eigenvalue weighted by atomic mass is 15.3. The van der Waals surface area contributed by atoms with E-state index in [1.54, 1.807) is 6.33 Å². The number of fused-ring (bicyclic) bond motifs is 1. The summed E-state index contributed by atoms with van der Waals surface area (Å²) in [6, 6.07) is 8.87. The number of benzene rings is 1. The van der Waals surface area contributed by atoms with Crippen LogP contribution in [0.3, 0.4) is 0 Å². The summed E-state index contributed by atoms with van der Waals surface area (Å²) in [5.74, 6) is 7.56. The van der Waals surface area contributed by atoms with Crippen LogP contribution in [0.1, 0.15) is 37.8 Å². The summed E-state index contributed by atoms with van der Waals surface area (Å²) in [5, 5.41) is 0. The molecule has 5 nitrogen and oxygen atoms in total. The molecular formula is C16H21N5. The van der Waals surface area contributed by atoms with Crippen molar-refractivity contribution in [3.8, 4) is 0 Å². The Morgan fingerprint density at radius 3 is 2.76 bits per heavy atom. The number of hydrogen-bond acceptors (Lipinski definition) is 5. The molecule has 0 fully saturated rings. The van der Waals surface area contributed by atoms with Crippen LogP contribution in [0.25, 0.3) is 0 Å². The lowest BCUT2D eigenvalue weighted by Crippen LogP contribution is -2.27. The van der Waals surface area contributed by atoms with Crippen molar-refractivity contribution in [1.82, 2.24) is 9.97 Å². The molecule has 110 valence electrons. The van der Waals surface area contributed by atoms with Gasteiger partial charge in [0.2, 0.25) is 0 Å². The highest BCUT2D eigenvalue weighted by Gasteiger charge is 2.30. The molecule has 1 aliphatic rings. The lowest BCUT2D eigenvalue weighted by atomic mass is 10.0. The van der Waals surface area contributed by atoms with Gasteiger partial charge in [-0.1, -0.05) is 32.0 Å². The molecule has 1 aromatic heterocycles. The predicted octanol–water partition coefficient (Wildman–Crippen LogP) is 2.97. The topological polar surface area (TPSA) is 67.1 Å². The summed E-state index contributed by atoms with van der Waals surface area (Å²) in [6.07, 6.45) is 2.60. The van der Waals surface area contributed by atoms with Gasteiger partial charge >= 0.3 is 0 Å². The Labute approximate surface area is 125 Å². The van der Waals surface area contributed by atoms with Crippen molar-refractivity contribution in [3.05, 3.63) is 41.7 Å². The SMILES string of the molecule is CC(C)c1c(NN)ncnc1N1c2ccccc2CC1C. The molecule has 1 unspecified atom stereocenters. The van der Waals surface area contributed by atoms with Gasteiger partial charge in [-0.25, -0.2) is 15.8 Å². The van der Waals surface area contributed by atoms with E-state index in [4.69, 9.17) is 5.84 Å². The quantitative estimate of drug-likeness (QED) is 0.669. The average molecular weight is 283 g/mol. The molecule has 0 saturated heterocycles. The first-order valence-electron chi connectivity index (χ1n) is 7.32. The second-order valence-corrected chi connectivity index (χ2v) is 5.81. The van der Waals surface area contributed by atoms with Gasteiger partial charge in [0.25, 0.3) is 0 Å². The van der Waals surface area contributed by atoms with Crippen molar-refractivity contribution in [2.24, 2.45) is 5.84 Å². The zero-order chi connectivity index (χ0) is 15.0. The fraction of sp³-hybridized carbons (Fsp3) is 0.375. The molecule has 5 heteroatoms. The third-order valence-corrected chi connectivity index (χ3v) is 4.01. The molecule has 0 amide bonds. The number of anilines is 3. The Morgan fingerprint density at radius 1 is 1.29 bits per heavy atom. The number of nitrogens with one attached hydrogen (secondary N) is 1. The molecule has 1 aromatic carbocycles. The van der Waals surface area contributed by atoms with E-state index in [2.05, 4.69) is 65.3 Å². The summed E-state index contributed by atoms with van der Waals surface area (Å²) in [5.41, 5.74) is 6.35. The molecule has 2 aromatic rings. The van der Waals surface area contributed by atoms with Gasteiger partial charge in [-0.2, -0.15) is 0 Å². The summed E-state index contributed by atoms with van der Waals surface area (Å²) in [6.45, 7) is 6.49. The van der Waals surface area contributed by atoms with Crippen LogP contribution in [0.2, 0.25) is 0 Å². The van der Waals surface area contributed by atoms with E-state index >= 15 is 0 Å². The Hall–Kier alpha value is -2.14. The van der Waals surface area contributed by atoms with Gasteiger partial charge in [0.15, 0.2) is 0 Å². The largest absolute Gasteiger partial charge is 0.323 e. The van der Waals surface area contributed by atoms with Crippen molar-refractivity contribution in [1.29, 1.82) is 0 Å². The molecule has 0 radical (unpaired) electrons. The maximum atomic E-state index is 5.63. The molecule has 3 rings (SSSR count). The van der Waals surface area contributed by atoms with E-state index in [0.717, 1.165) is 17.8 Å². The maximum Gasteiger partial charge on any atom is 0.148 e. The van der Waals surface area contributed by atoms with E-state index in [0.29, 0.717) is 11.9 Å².